The summed E-state index contributed by atoms with van der Waals surface area (Å²) in [6, 6.07) is 13.1. The zero-order valence-electron chi connectivity index (χ0n) is 20.5. The van der Waals surface area contributed by atoms with E-state index in [1.165, 1.54) is 6.07 Å². The second kappa shape index (κ2) is 10.5. The minimum atomic E-state index is -4.77. The first-order chi connectivity index (χ1) is 18.1. The summed E-state index contributed by atoms with van der Waals surface area (Å²) in [6.45, 7) is 0.221. The van der Waals surface area contributed by atoms with E-state index < -0.39 is 35.3 Å². The van der Waals surface area contributed by atoms with E-state index in [2.05, 4.69) is 0 Å². The number of ether oxygens (including phenoxy) is 3. The number of anilines is 1. The molecule has 0 saturated heterocycles. The van der Waals surface area contributed by atoms with Crippen LogP contribution in [0.3, 0.4) is 0 Å². The number of nitrogens with two attached hydrogens (primary N) is 1. The van der Waals surface area contributed by atoms with Gasteiger partial charge in [0.25, 0.3) is 0 Å². The fraction of sp³-hybridized carbons (Fsp3) is 0.296. The van der Waals surface area contributed by atoms with Crippen molar-refractivity contribution in [3.63, 3.8) is 0 Å². The molecule has 198 valence electrons. The molecule has 1 unspecified atom stereocenters. The number of benzene rings is 2. The molecule has 1 fully saturated rings. The van der Waals surface area contributed by atoms with Crippen LogP contribution in [-0.2, 0) is 25.2 Å². The van der Waals surface area contributed by atoms with E-state index in [0.29, 0.717) is 5.56 Å². The van der Waals surface area contributed by atoms with Gasteiger partial charge in [-0.05, 0) is 36.5 Å². The number of hydrogen-bond acceptors (Lipinski definition) is 8. The van der Waals surface area contributed by atoms with Crippen LogP contribution in [0.1, 0.15) is 29.9 Å². The number of halogens is 3. The summed E-state index contributed by atoms with van der Waals surface area (Å²) in [5.74, 6) is -3.40. The fourth-order valence-electron chi connectivity index (χ4n) is 4.24. The third kappa shape index (κ3) is 5.16. The van der Waals surface area contributed by atoms with E-state index in [4.69, 9.17) is 19.9 Å². The Bertz CT molecular complexity index is 1360. The first-order valence-electron chi connectivity index (χ1n) is 11.6. The maximum absolute atomic E-state index is 13.9. The van der Waals surface area contributed by atoms with Gasteiger partial charge in [-0.3, -0.25) is 4.90 Å². The summed E-state index contributed by atoms with van der Waals surface area (Å²) in [6.07, 6.45) is -2.94. The minimum Gasteiger partial charge on any atom is -0.493 e. The molecule has 11 heteroatoms. The Balaban J connectivity index is 2.01. The van der Waals surface area contributed by atoms with E-state index in [9.17, 15) is 28.0 Å². The van der Waals surface area contributed by atoms with E-state index in [-0.39, 0.29) is 40.9 Å². The third-order valence-corrected chi connectivity index (χ3v) is 6.27. The highest BCUT2D eigenvalue weighted by Gasteiger charge is 2.43. The number of nitrogens with zero attached hydrogens (tertiary/aromatic N) is 2. The van der Waals surface area contributed by atoms with Crippen LogP contribution in [0, 0.1) is 17.2 Å². The van der Waals surface area contributed by atoms with Crippen molar-refractivity contribution in [3.05, 3.63) is 82.3 Å². The predicted molar refractivity (Wildman–Crippen MR) is 129 cm³/mol. The summed E-state index contributed by atoms with van der Waals surface area (Å²) in [5, 5.41) is 10.1. The van der Waals surface area contributed by atoms with Crippen molar-refractivity contribution in [1.82, 2.24) is 0 Å². The number of carbonyl (C=O) groups excluding carboxylic acids is 2. The molecule has 0 spiro atoms. The Morgan fingerprint density at radius 1 is 1.08 bits per heavy atom. The first-order valence-corrected chi connectivity index (χ1v) is 11.6. The SMILES string of the molecule is COC(=O)C1=C(C(=O)OC)N(c2cc(OCC3CC3)cc(C(F)(F)F)c2)C(N)=C(C#N)C1c1ccccc1. The van der Waals surface area contributed by atoms with Crippen LogP contribution in [0.25, 0.3) is 0 Å². The van der Waals surface area contributed by atoms with Crippen LogP contribution in [0.4, 0.5) is 18.9 Å². The minimum absolute atomic E-state index is 0.109. The van der Waals surface area contributed by atoms with Crippen molar-refractivity contribution in [1.29, 1.82) is 5.26 Å². The van der Waals surface area contributed by atoms with Gasteiger partial charge in [-0.15, -0.1) is 0 Å². The van der Waals surface area contributed by atoms with Crippen LogP contribution < -0.4 is 15.4 Å². The highest BCUT2D eigenvalue weighted by molar-refractivity contribution is 6.06. The standard InChI is InChI=1S/C27H24F3N3O5/c1-36-25(34)22-21(16-6-4-3-5-7-16)20(13-31)24(32)33(23(22)26(35)37-2)18-10-17(27(28,29)30)11-19(12-18)38-14-15-8-9-15/h3-7,10-12,15,21H,8-9,14,32H2,1-2H3. The van der Waals surface area contributed by atoms with Crippen molar-refractivity contribution in [2.75, 3.05) is 25.7 Å². The van der Waals surface area contributed by atoms with E-state index in [0.717, 1.165) is 44.1 Å². The molecule has 0 amide bonds. The van der Waals surface area contributed by atoms with Gasteiger partial charge in [0.15, 0.2) is 0 Å². The van der Waals surface area contributed by atoms with Gasteiger partial charge in [0.2, 0.25) is 0 Å². The van der Waals surface area contributed by atoms with Crippen molar-refractivity contribution in [2.45, 2.75) is 24.9 Å². The molecule has 1 aliphatic carbocycles. The molecular weight excluding hydrogens is 503 g/mol. The second-order valence-corrected chi connectivity index (χ2v) is 8.80. The van der Waals surface area contributed by atoms with Crippen molar-refractivity contribution >= 4 is 17.6 Å². The number of rotatable bonds is 7. The van der Waals surface area contributed by atoms with Crippen LogP contribution in [0.2, 0.25) is 0 Å². The van der Waals surface area contributed by atoms with E-state index in [1.807, 2.05) is 6.07 Å². The average molecular weight is 527 g/mol. The quantitative estimate of drug-likeness (QED) is 0.528. The second-order valence-electron chi connectivity index (χ2n) is 8.80. The highest BCUT2D eigenvalue weighted by atomic mass is 19.4. The van der Waals surface area contributed by atoms with Crippen LogP contribution in [-0.4, -0.2) is 32.8 Å². The predicted octanol–water partition coefficient (Wildman–Crippen LogP) is 4.39. The summed E-state index contributed by atoms with van der Waals surface area (Å²) in [7, 11) is 2.13. The average Bonchev–Trinajstić information content (AvgIpc) is 3.74. The number of carbonyl (C=O) groups is 2. The van der Waals surface area contributed by atoms with Gasteiger partial charge in [0, 0.05) is 6.07 Å². The van der Waals surface area contributed by atoms with Gasteiger partial charge in [-0.2, -0.15) is 18.4 Å². The van der Waals surface area contributed by atoms with Crippen molar-refractivity contribution in [2.24, 2.45) is 11.7 Å². The van der Waals surface area contributed by atoms with Gasteiger partial charge in [0.05, 0.1) is 55.2 Å². The van der Waals surface area contributed by atoms with Gasteiger partial charge < -0.3 is 19.9 Å². The number of methoxy groups -OCH3 is 2. The summed E-state index contributed by atoms with van der Waals surface area (Å²) < 4.78 is 57.1. The third-order valence-electron chi connectivity index (χ3n) is 6.27. The Labute approximate surface area is 216 Å². The lowest BCUT2D eigenvalue weighted by Crippen LogP contribution is -2.40. The highest BCUT2D eigenvalue weighted by Crippen LogP contribution is 2.45. The van der Waals surface area contributed by atoms with Crippen molar-refractivity contribution in [3.8, 4) is 11.8 Å². The summed E-state index contributed by atoms with van der Waals surface area (Å²) in [5.41, 5.74) is 4.56. The van der Waals surface area contributed by atoms with Crippen LogP contribution in [0.15, 0.2) is 71.2 Å². The molecule has 38 heavy (non-hydrogen) atoms. The molecule has 2 aromatic rings. The molecule has 0 aromatic heterocycles. The molecule has 1 aliphatic heterocycles. The van der Waals surface area contributed by atoms with Crippen LogP contribution >= 0.6 is 0 Å². The number of nitriles is 1. The van der Waals surface area contributed by atoms with Gasteiger partial charge in [-0.1, -0.05) is 30.3 Å². The number of alkyl halides is 3. The number of allylic oxidation sites excluding steroid dienone is 1. The lowest BCUT2D eigenvalue weighted by Gasteiger charge is -2.36. The lowest BCUT2D eigenvalue weighted by atomic mass is 9.81. The Hall–Kier alpha value is -4.46. The normalized spacial score (nSPS) is 17.7. The Morgan fingerprint density at radius 3 is 2.29 bits per heavy atom. The lowest BCUT2D eigenvalue weighted by molar-refractivity contribution is -0.139. The zero-order chi connectivity index (χ0) is 27.6. The monoisotopic (exact) mass is 527 g/mol. The molecular formula is C27H24F3N3O5. The van der Waals surface area contributed by atoms with Gasteiger partial charge in [-0.25, -0.2) is 9.59 Å². The molecule has 4 rings (SSSR count). The van der Waals surface area contributed by atoms with Gasteiger partial charge in [0.1, 0.15) is 17.3 Å². The van der Waals surface area contributed by atoms with Crippen molar-refractivity contribution < 1.29 is 37.0 Å². The largest absolute Gasteiger partial charge is 0.493 e. The molecule has 0 bridgehead atoms. The summed E-state index contributed by atoms with van der Waals surface area (Å²) >= 11 is 0. The molecule has 2 N–H and O–H groups in total. The molecule has 8 nitrogen and oxygen atoms in total. The number of esters is 2. The van der Waals surface area contributed by atoms with Crippen LogP contribution in [0.5, 0.6) is 5.75 Å². The molecule has 2 aromatic carbocycles. The molecule has 1 saturated carbocycles. The van der Waals surface area contributed by atoms with Gasteiger partial charge >= 0.3 is 18.1 Å². The van der Waals surface area contributed by atoms with E-state index >= 15 is 0 Å². The van der Waals surface area contributed by atoms with E-state index in [1.54, 1.807) is 30.3 Å². The Morgan fingerprint density at radius 2 is 1.74 bits per heavy atom. The summed E-state index contributed by atoms with van der Waals surface area (Å²) in [4.78, 5) is 27.2. The molecule has 0 radical (unpaired) electrons. The zero-order valence-corrected chi connectivity index (χ0v) is 20.5. The number of hydrogen-bond donors (Lipinski definition) is 1. The maximum atomic E-state index is 13.9. The smallest absolute Gasteiger partial charge is 0.416 e. The topological polar surface area (TPSA) is 115 Å². The maximum Gasteiger partial charge on any atom is 0.416 e. The molecule has 2 aliphatic rings. The Kier molecular flexibility index (Phi) is 7.35. The molecule has 1 atom stereocenters. The molecule has 1 heterocycles. The fourth-order valence-corrected chi connectivity index (χ4v) is 4.24. The first kappa shape index (κ1) is 26.6.